The molecular formula is C19H24F3IN4S. The van der Waals surface area contributed by atoms with Crippen LogP contribution in [0.5, 0.6) is 0 Å². The Kier molecular flexibility index (Phi) is 7.72. The predicted octanol–water partition coefficient (Wildman–Crippen LogP) is 4.74. The summed E-state index contributed by atoms with van der Waals surface area (Å²) in [5, 5.41) is 7.45. The smallest absolute Gasteiger partial charge is 0.356 e. The van der Waals surface area contributed by atoms with Crippen LogP contribution in [-0.4, -0.2) is 24.5 Å². The molecule has 1 aliphatic carbocycles. The molecule has 0 aliphatic heterocycles. The first kappa shape index (κ1) is 22.9. The van der Waals surface area contributed by atoms with Crippen molar-refractivity contribution in [2.45, 2.75) is 44.3 Å². The van der Waals surface area contributed by atoms with Crippen molar-refractivity contribution >= 4 is 41.3 Å². The van der Waals surface area contributed by atoms with Crippen LogP contribution in [-0.2, 0) is 24.6 Å². The molecule has 1 aliphatic rings. The molecule has 3 rings (SSSR count). The second-order valence-corrected chi connectivity index (χ2v) is 7.91. The number of halogens is 4. The average molecular weight is 524 g/mol. The summed E-state index contributed by atoms with van der Waals surface area (Å²) >= 11 is 1.66. The largest absolute Gasteiger partial charge is 0.416 e. The van der Waals surface area contributed by atoms with E-state index in [1.54, 1.807) is 24.5 Å². The third-order valence-electron chi connectivity index (χ3n) is 4.83. The molecule has 154 valence electrons. The molecule has 0 radical (unpaired) electrons. The Bertz CT molecular complexity index is 816. The van der Waals surface area contributed by atoms with Crippen molar-refractivity contribution in [1.82, 2.24) is 15.6 Å². The van der Waals surface area contributed by atoms with Crippen molar-refractivity contribution in [3.05, 3.63) is 51.5 Å². The lowest BCUT2D eigenvalue weighted by Crippen LogP contribution is -2.40. The minimum atomic E-state index is -4.32. The highest BCUT2D eigenvalue weighted by atomic mass is 127. The van der Waals surface area contributed by atoms with Gasteiger partial charge in [0.05, 0.1) is 12.1 Å². The summed E-state index contributed by atoms with van der Waals surface area (Å²) in [6.45, 7) is 3.21. The van der Waals surface area contributed by atoms with Crippen molar-refractivity contribution in [2.75, 3.05) is 13.6 Å². The predicted molar refractivity (Wildman–Crippen MR) is 117 cm³/mol. The first-order valence-corrected chi connectivity index (χ1v) is 9.74. The van der Waals surface area contributed by atoms with E-state index in [-0.39, 0.29) is 29.4 Å². The van der Waals surface area contributed by atoms with E-state index in [4.69, 9.17) is 0 Å². The average Bonchev–Trinajstić information content (AvgIpc) is 3.31. The van der Waals surface area contributed by atoms with Gasteiger partial charge in [0.25, 0.3) is 0 Å². The molecule has 0 spiro atoms. The van der Waals surface area contributed by atoms with Crippen LogP contribution < -0.4 is 10.6 Å². The molecule has 0 amide bonds. The third-order valence-corrected chi connectivity index (χ3v) is 5.97. The van der Waals surface area contributed by atoms with E-state index < -0.39 is 11.7 Å². The van der Waals surface area contributed by atoms with Gasteiger partial charge < -0.3 is 10.6 Å². The molecule has 9 heteroatoms. The van der Waals surface area contributed by atoms with Crippen molar-refractivity contribution in [1.29, 1.82) is 0 Å². The molecule has 2 N–H and O–H groups in total. The minimum absolute atomic E-state index is 0. The van der Waals surface area contributed by atoms with Crippen LogP contribution in [0, 0.1) is 0 Å². The molecular weight excluding hydrogens is 500 g/mol. The lowest BCUT2D eigenvalue weighted by molar-refractivity contribution is -0.137. The molecule has 0 atom stereocenters. The van der Waals surface area contributed by atoms with Gasteiger partial charge in [-0.25, -0.2) is 4.98 Å². The highest BCUT2D eigenvalue weighted by molar-refractivity contribution is 14.0. The molecule has 0 unspecified atom stereocenters. The maximum atomic E-state index is 13.0. The molecule has 1 aromatic heterocycles. The summed E-state index contributed by atoms with van der Waals surface area (Å²) in [7, 11) is 1.68. The van der Waals surface area contributed by atoms with E-state index in [9.17, 15) is 13.2 Å². The monoisotopic (exact) mass is 524 g/mol. The molecule has 0 saturated heterocycles. The number of alkyl halides is 3. The number of guanidine groups is 1. The highest BCUT2D eigenvalue weighted by Gasteiger charge is 2.45. The molecule has 1 aromatic carbocycles. The zero-order valence-corrected chi connectivity index (χ0v) is 18.9. The van der Waals surface area contributed by atoms with Crippen LogP contribution in [0.4, 0.5) is 13.2 Å². The standard InChI is InChI=1S/C19H23F3N4S.HI/c1-3-15-10-24-16(27-15)11-25-17(23-2)26-12-18(7-8-18)13-5-4-6-14(9-13)19(20,21)22;/h4-6,9-10H,3,7-8,11-12H2,1-2H3,(H2,23,25,26);1H. The third kappa shape index (κ3) is 5.59. The van der Waals surface area contributed by atoms with Crippen LogP contribution in [0.3, 0.4) is 0 Å². The van der Waals surface area contributed by atoms with E-state index in [1.807, 2.05) is 6.20 Å². The zero-order valence-electron chi connectivity index (χ0n) is 15.8. The van der Waals surface area contributed by atoms with E-state index in [0.29, 0.717) is 19.0 Å². The summed E-state index contributed by atoms with van der Waals surface area (Å²) < 4.78 is 39.0. The molecule has 4 nitrogen and oxygen atoms in total. The Hall–Kier alpha value is -1.36. The van der Waals surface area contributed by atoms with Gasteiger partial charge in [0, 0.05) is 30.1 Å². The number of hydrogen-bond donors (Lipinski definition) is 2. The van der Waals surface area contributed by atoms with Gasteiger partial charge in [-0.2, -0.15) is 13.2 Å². The molecule has 1 fully saturated rings. The van der Waals surface area contributed by atoms with Gasteiger partial charge in [-0.3, -0.25) is 4.99 Å². The number of nitrogens with one attached hydrogen (secondary N) is 2. The van der Waals surface area contributed by atoms with E-state index in [1.165, 1.54) is 17.0 Å². The highest BCUT2D eigenvalue weighted by Crippen LogP contribution is 2.48. The lowest BCUT2D eigenvalue weighted by Gasteiger charge is -2.20. The second-order valence-electron chi connectivity index (χ2n) is 6.71. The van der Waals surface area contributed by atoms with Gasteiger partial charge in [0.15, 0.2) is 5.96 Å². The fraction of sp³-hybridized carbons (Fsp3) is 0.474. The first-order chi connectivity index (χ1) is 12.9. The van der Waals surface area contributed by atoms with E-state index >= 15 is 0 Å². The number of thiazole rings is 1. The number of aromatic nitrogens is 1. The molecule has 28 heavy (non-hydrogen) atoms. The quantitative estimate of drug-likeness (QED) is 0.326. The van der Waals surface area contributed by atoms with Gasteiger partial charge in [-0.1, -0.05) is 25.1 Å². The number of aliphatic imine (C=N–C) groups is 1. The number of hydrogen-bond acceptors (Lipinski definition) is 3. The van der Waals surface area contributed by atoms with Gasteiger partial charge >= 0.3 is 6.18 Å². The van der Waals surface area contributed by atoms with Crippen molar-refractivity contribution in [2.24, 2.45) is 4.99 Å². The Labute approximate surface area is 184 Å². The van der Waals surface area contributed by atoms with Crippen LogP contribution >= 0.6 is 35.3 Å². The van der Waals surface area contributed by atoms with Crippen LogP contribution in [0.15, 0.2) is 35.5 Å². The Morgan fingerprint density at radius 3 is 2.61 bits per heavy atom. The number of aryl methyl sites for hydroxylation is 1. The fourth-order valence-electron chi connectivity index (χ4n) is 2.97. The molecule has 1 saturated carbocycles. The van der Waals surface area contributed by atoms with Crippen molar-refractivity contribution < 1.29 is 13.2 Å². The topological polar surface area (TPSA) is 49.3 Å². The van der Waals surface area contributed by atoms with Crippen molar-refractivity contribution in [3.8, 4) is 0 Å². The minimum Gasteiger partial charge on any atom is -0.356 e. The van der Waals surface area contributed by atoms with Gasteiger partial charge in [-0.05, 0) is 30.9 Å². The lowest BCUT2D eigenvalue weighted by atomic mass is 9.94. The Morgan fingerprint density at radius 1 is 1.29 bits per heavy atom. The van der Waals surface area contributed by atoms with Gasteiger partial charge in [0.2, 0.25) is 0 Å². The second kappa shape index (κ2) is 9.43. The van der Waals surface area contributed by atoms with E-state index in [0.717, 1.165) is 35.9 Å². The zero-order chi connectivity index (χ0) is 19.5. The summed E-state index contributed by atoms with van der Waals surface area (Å²) in [5.74, 6) is 0.626. The van der Waals surface area contributed by atoms with Crippen LogP contribution in [0.2, 0.25) is 0 Å². The summed E-state index contributed by atoms with van der Waals surface area (Å²) in [6, 6.07) is 5.65. The van der Waals surface area contributed by atoms with Crippen molar-refractivity contribution in [3.63, 3.8) is 0 Å². The number of benzene rings is 1. The van der Waals surface area contributed by atoms with Crippen LogP contribution in [0.25, 0.3) is 0 Å². The molecule has 2 aromatic rings. The fourth-order valence-corrected chi connectivity index (χ4v) is 3.77. The van der Waals surface area contributed by atoms with E-state index in [2.05, 4.69) is 27.5 Å². The molecule has 1 heterocycles. The van der Waals surface area contributed by atoms with Crippen LogP contribution in [0.1, 0.15) is 40.8 Å². The SMILES string of the molecule is CCc1cnc(CNC(=NC)NCC2(c3cccc(C(F)(F)F)c3)CC2)s1.I. The van der Waals surface area contributed by atoms with Gasteiger partial charge in [0.1, 0.15) is 5.01 Å². The summed E-state index contributed by atoms with van der Waals surface area (Å²) in [4.78, 5) is 9.80. The number of rotatable bonds is 6. The Morgan fingerprint density at radius 2 is 2.04 bits per heavy atom. The summed E-state index contributed by atoms with van der Waals surface area (Å²) in [5.41, 5.74) is -0.118. The molecule has 0 bridgehead atoms. The Balaban J connectivity index is 0.00000280. The maximum Gasteiger partial charge on any atom is 0.416 e. The summed E-state index contributed by atoms with van der Waals surface area (Å²) in [6.07, 6.45) is 0.256. The normalized spacial score (nSPS) is 15.7. The number of nitrogens with zero attached hydrogens (tertiary/aromatic N) is 2. The van der Waals surface area contributed by atoms with Gasteiger partial charge in [-0.15, -0.1) is 35.3 Å². The first-order valence-electron chi connectivity index (χ1n) is 8.92. The maximum absolute atomic E-state index is 13.0.